The Bertz CT molecular complexity index is 595. The number of nitrogens with one attached hydrogen (secondary N) is 2. The fraction of sp³-hybridized carbons (Fsp3) is 0.467. The predicted octanol–water partition coefficient (Wildman–Crippen LogP) is 2.40. The third kappa shape index (κ3) is 3.51. The molecule has 2 aromatic rings. The van der Waals surface area contributed by atoms with Gasteiger partial charge >= 0.3 is 6.03 Å². The summed E-state index contributed by atoms with van der Waals surface area (Å²) in [6, 6.07) is 7.56. The average Bonchev–Trinajstić information content (AvgIpc) is 2.90. The quantitative estimate of drug-likeness (QED) is 0.815. The molecule has 1 aromatic heterocycles. The number of para-hydroxylation sites is 1. The summed E-state index contributed by atoms with van der Waals surface area (Å²) in [7, 11) is 0. The SMILES string of the molecule is O=C(NCc1nc2ccccc2s1)NC1CCCCC1O. The summed E-state index contributed by atoms with van der Waals surface area (Å²) in [5.74, 6) is 0. The van der Waals surface area contributed by atoms with Crippen molar-refractivity contribution in [1.82, 2.24) is 15.6 Å². The summed E-state index contributed by atoms with van der Waals surface area (Å²) in [4.78, 5) is 16.4. The van der Waals surface area contributed by atoms with Crippen LogP contribution in [0.15, 0.2) is 24.3 Å². The van der Waals surface area contributed by atoms with Gasteiger partial charge in [-0.1, -0.05) is 25.0 Å². The monoisotopic (exact) mass is 305 g/mol. The molecule has 0 bridgehead atoms. The minimum atomic E-state index is -0.424. The Morgan fingerprint density at radius 2 is 2.14 bits per heavy atom. The van der Waals surface area contributed by atoms with E-state index in [2.05, 4.69) is 15.6 Å². The number of benzene rings is 1. The highest BCUT2D eigenvalue weighted by Gasteiger charge is 2.24. The van der Waals surface area contributed by atoms with E-state index in [1.54, 1.807) is 11.3 Å². The van der Waals surface area contributed by atoms with Crippen LogP contribution in [0.2, 0.25) is 0 Å². The molecule has 1 fully saturated rings. The second-order valence-corrected chi connectivity index (χ2v) is 6.48. The normalized spacial score (nSPS) is 22.1. The number of aromatic nitrogens is 1. The van der Waals surface area contributed by atoms with Crippen LogP contribution in [0.25, 0.3) is 10.2 Å². The van der Waals surface area contributed by atoms with E-state index >= 15 is 0 Å². The zero-order valence-corrected chi connectivity index (χ0v) is 12.5. The summed E-state index contributed by atoms with van der Waals surface area (Å²) >= 11 is 1.58. The van der Waals surface area contributed by atoms with Crippen LogP contribution < -0.4 is 10.6 Å². The van der Waals surface area contributed by atoms with Gasteiger partial charge < -0.3 is 15.7 Å². The van der Waals surface area contributed by atoms with Gasteiger partial charge in [-0.05, 0) is 25.0 Å². The Kier molecular flexibility index (Phi) is 4.36. The molecule has 21 heavy (non-hydrogen) atoms. The van der Waals surface area contributed by atoms with Crippen molar-refractivity contribution in [2.45, 2.75) is 44.4 Å². The number of rotatable bonds is 3. The van der Waals surface area contributed by atoms with Gasteiger partial charge in [0.2, 0.25) is 0 Å². The first-order valence-corrected chi connectivity index (χ1v) is 8.11. The van der Waals surface area contributed by atoms with Crippen LogP contribution in [0.3, 0.4) is 0 Å². The number of hydrogen-bond donors (Lipinski definition) is 3. The number of hydrogen-bond acceptors (Lipinski definition) is 4. The summed E-state index contributed by atoms with van der Waals surface area (Å²) < 4.78 is 1.12. The van der Waals surface area contributed by atoms with Crippen LogP contribution in [0.5, 0.6) is 0 Å². The molecule has 3 N–H and O–H groups in total. The molecule has 1 heterocycles. The molecule has 2 atom stereocenters. The van der Waals surface area contributed by atoms with Gasteiger partial charge in [-0.25, -0.2) is 9.78 Å². The molecule has 0 saturated heterocycles. The molecule has 1 aliphatic carbocycles. The largest absolute Gasteiger partial charge is 0.391 e. The van der Waals surface area contributed by atoms with Crippen LogP contribution in [-0.2, 0) is 6.54 Å². The lowest BCUT2D eigenvalue weighted by Gasteiger charge is -2.28. The lowest BCUT2D eigenvalue weighted by atomic mass is 9.93. The molecule has 1 aromatic carbocycles. The number of fused-ring (bicyclic) bond motifs is 1. The molecule has 0 aliphatic heterocycles. The smallest absolute Gasteiger partial charge is 0.315 e. The minimum absolute atomic E-state index is 0.130. The van der Waals surface area contributed by atoms with Gasteiger partial charge in [-0.15, -0.1) is 11.3 Å². The Morgan fingerprint density at radius 3 is 2.95 bits per heavy atom. The van der Waals surface area contributed by atoms with Crippen LogP contribution in [0.4, 0.5) is 4.79 Å². The molecule has 3 rings (SSSR count). The summed E-state index contributed by atoms with van der Waals surface area (Å²) in [6.45, 7) is 0.411. The zero-order chi connectivity index (χ0) is 14.7. The Balaban J connectivity index is 1.53. The molecule has 5 nitrogen and oxygen atoms in total. The molecule has 2 amide bonds. The average molecular weight is 305 g/mol. The zero-order valence-electron chi connectivity index (χ0n) is 11.7. The first-order valence-electron chi connectivity index (χ1n) is 7.29. The maximum atomic E-state index is 11.9. The first-order chi connectivity index (χ1) is 10.2. The molecular weight excluding hydrogens is 286 g/mol. The highest BCUT2D eigenvalue weighted by Crippen LogP contribution is 2.21. The van der Waals surface area contributed by atoms with Gasteiger partial charge in [0.05, 0.1) is 28.9 Å². The Labute approximate surface area is 127 Å². The Hall–Kier alpha value is -1.66. The van der Waals surface area contributed by atoms with E-state index in [9.17, 15) is 9.90 Å². The molecular formula is C15H19N3O2S. The van der Waals surface area contributed by atoms with Crippen molar-refractivity contribution in [3.8, 4) is 0 Å². The van der Waals surface area contributed by atoms with E-state index in [0.717, 1.165) is 40.9 Å². The molecule has 2 unspecified atom stereocenters. The molecule has 0 spiro atoms. The Morgan fingerprint density at radius 1 is 1.33 bits per heavy atom. The summed E-state index contributed by atoms with van der Waals surface area (Å²) in [5, 5.41) is 16.4. The van der Waals surface area contributed by atoms with Gasteiger partial charge in [0.1, 0.15) is 5.01 Å². The van der Waals surface area contributed by atoms with Crippen LogP contribution in [0.1, 0.15) is 30.7 Å². The van der Waals surface area contributed by atoms with Gasteiger partial charge in [0.25, 0.3) is 0 Å². The molecule has 6 heteroatoms. The van der Waals surface area contributed by atoms with Crippen molar-refractivity contribution < 1.29 is 9.90 Å². The fourth-order valence-corrected chi connectivity index (χ4v) is 3.56. The third-order valence-electron chi connectivity index (χ3n) is 3.78. The maximum Gasteiger partial charge on any atom is 0.315 e. The number of amides is 2. The van der Waals surface area contributed by atoms with Gasteiger partial charge in [-0.3, -0.25) is 0 Å². The van der Waals surface area contributed by atoms with Gasteiger partial charge in [0, 0.05) is 0 Å². The van der Waals surface area contributed by atoms with E-state index in [1.807, 2.05) is 24.3 Å². The van der Waals surface area contributed by atoms with Crippen molar-refractivity contribution in [2.24, 2.45) is 0 Å². The standard InChI is InChI=1S/C15H19N3O2S/c19-12-7-3-1-5-10(12)18-15(20)16-9-14-17-11-6-2-4-8-13(11)21-14/h2,4,6,8,10,12,19H,1,3,5,7,9H2,(H2,16,18,20). The first kappa shape index (κ1) is 14.3. The molecule has 1 aliphatic rings. The lowest BCUT2D eigenvalue weighted by Crippen LogP contribution is -2.48. The maximum absolute atomic E-state index is 11.9. The third-order valence-corrected chi connectivity index (χ3v) is 4.82. The highest BCUT2D eigenvalue weighted by atomic mass is 32.1. The van der Waals surface area contributed by atoms with Crippen LogP contribution >= 0.6 is 11.3 Å². The number of carbonyl (C=O) groups excluding carboxylic acids is 1. The number of carbonyl (C=O) groups is 1. The number of aliphatic hydroxyl groups is 1. The molecule has 0 radical (unpaired) electrons. The van der Waals surface area contributed by atoms with Crippen molar-refractivity contribution in [3.63, 3.8) is 0 Å². The summed E-state index contributed by atoms with van der Waals surface area (Å²) in [5.41, 5.74) is 0.961. The van der Waals surface area contributed by atoms with E-state index in [1.165, 1.54) is 0 Å². The van der Waals surface area contributed by atoms with Crippen molar-refractivity contribution in [2.75, 3.05) is 0 Å². The predicted molar refractivity (Wildman–Crippen MR) is 83.3 cm³/mol. The lowest BCUT2D eigenvalue weighted by molar-refractivity contribution is 0.0943. The second kappa shape index (κ2) is 6.41. The highest BCUT2D eigenvalue weighted by molar-refractivity contribution is 7.18. The molecule has 112 valence electrons. The minimum Gasteiger partial charge on any atom is -0.391 e. The van der Waals surface area contributed by atoms with Crippen LogP contribution in [-0.4, -0.2) is 28.3 Å². The van der Waals surface area contributed by atoms with E-state index in [-0.39, 0.29) is 12.1 Å². The van der Waals surface area contributed by atoms with E-state index < -0.39 is 6.10 Å². The van der Waals surface area contributed by atoms with Gasteiger partial charge in [-0.2, -0.15) is 0 Å². The number of nitrogens with zero attached hydrogens (tertiary/aromatic N) is 1. The van der Waals surface area contributed by atoms with E-state index in [0.29, 0.717) is 6.54 Å². The summed E-state index contributed by atoms with van der Waals surface area (Å²) in [6.07, 6.45) is 3.28. The van der Waals surface area contributed by atoms with Crippen molar-refractivity contribution in [3.05, 3.63) is 29.3 Å². The van der Waals surface area contributed by atoms with Gasteiger partial charge in [0.15, 0.2) is 0 Å². The second-order valence-electron chi connectivity index (χ2n) is 5.36. The van der Waals surface area contributed by atoms with Crippen LogP contribution in [0, 0.1) is 0 Å². The van der Waals surface area contributed by atoms with E-state index in [4.69, 9.17) is 0 Å². The number of urea groups is 1. The number of thiazole rings is 1. The van der Waals surface area contributed by atoms with Crippen molar-refractivity contribution >= 4 is 27.6 Å². The number of aliphatic hydroxyl groups excluding tert-OH is 1. The van der Waals surface area contributed by atoms with Crippen molar-refractivity contribution in [1.29, 1.82) is 0 Å². The molecule has 1 saturated carbocycles. The fourth-order valence-electron chi connectivity index (χ4n) is 2.65. The topological polar surface area (TPSA) is 74.2 Å².